The molecule has 0 aliphatic carbocycles. The number of carbonyl (C=O) groups is 1. The number of thiazole rings is 1. The van der Waals surface area contributed by atoms with Gasteiger partial charge in [0.05, 0.1) is 6.04 Å². The molecule has 0 unspecified atom stereocenters. The van der Waals surface area contributed by atoms with Gasteiger partial charge in [0.15, 0.2) is 5.13 Å². The average molecular weight is 301 g/mol. The summed E-state index contributed by atoms with van der Waals surface area (Å²) in [5.74, 6) is 0.119. The van der Waals surface area contributed by atoms with Gasteiger partial charge in [-0.2, -0.15) is 0 Å². The van der Waals surface area contributed by atoms with Gasteiger partial charge in [-0.25, -0.2) is 4.98 Å². The molecule has 1 amide bonds. The Morgan fingerprint density at radius 2 is 2.24 bits per heavy atom. The summed E-state index contributed by atoms with van der Waals surface area (Å²) >= 11 is 1.59. The number of carbonyl (C=O) groups excluding carboxylic acids is 1. The number of hydrogen-bond acceptors (Lipinski definition) is 4. The summed E-state index contributed by atoms with van der Waals surface area (Å²) in [7, 11) is 1.81. The van der Waals surface area contributed by atoms with Crippen molar-refractivity contribution in [3.8, 4) is 0 Å². The molecule has 2 heterocycles. The van der Waals surface area contributed by atoms with E-state index in [4.69, 9.17) is 0 Å². The smallest absolute Gasteiger partial charge is 0.245 e. The third-order valence-electron chi connectivity index (χ3n) is 3.74. The van der Waals surface area contributed by atoms with Crippen LogP contribution >= 0.6 is 11.3 Å². The lowest BCUT2D eigenvalue weighted by Gasteiger charge is -2.18. The molecule has 2 aromatic rings. The average Bonchev–Trinajstić information content (AvgIpc) is 3.18. The first-order valence-electron chi connectivity index (χ1n) is 7.23. The maximum absolute atomic E-state index is 12.3. The second kappa shape index (κ2) is 6.37. The van der Waals surface area contributed by atoms with Gasteiger partial charge in [0, 0.05) is 24.5 Å². The number of rotatable bonds is 4. The number of aromatic nitrogens is 1. The Morgan fingerprint density at radius 3 is 2.95 bits per heavy atom. The topological polar surface area (TPSA) is 45.2 Å². The van der Waals surface area contributed by atoms with Gasteiger partial charge >= 0.3 is 0 Å². The zero-order valence-electron chi connectivity index (χ0n) is 12.1. The molecule has 1 N–H and O–H groups in total. The van der Waals surface area contributed by atoms with E-state index in [2.05, 4.69) is 22.4 Å². The monoisotopic (exact) mass is 301 g/mol. The summed E-state index contributed by atoms with van der Waals surface area (Å²) in [6, 6.07) is 10.3. The van der Waals surface area contributed by atoms with Crippen molar-refractivity contribution < 1.29 is 4.79 Å². The third kappa shape index (κ3) is 3.31. The number of amides is 1. The van der Waals surface area contributed by atoms with E-state index < -0.39 is 0 Å². The molecule has 0 spiro atoms. The fraction of sp³-hybridized carbons (Fsp3) is 0.375. The lowest BCUT2D eigenvalue weighted by molar-refractivity contribution is -0.119. The molecule has 5 heteroatoms. The minimum Gasteiger partial charge on any atom is -0.306 e. The number of hydrogen-bond donors (Lipinski definition) is 1. The Morgan fingerprint density at radius 1 is 1.43 bits per heavy atom. The van der Waals surface area contributed by atoms with Gasteiger partial charge in [-0.05, 0) is 24.9 Å². The largest absolute Gasteiger partial charge is 0.306 e. The van der Waals surface area contributed by atoms with E-state index in [9.17, 15) is 4.79 Å². The Labute approximate surface area is 128 Å². The van der Waals surface area contributed by atoms with Crippen molar-refractivity contribution in [3.63, 3.8) is 0 Å². The van der Waals surface area contributed by atoms with Crippen molar-refractivity contribution in [2.24, 2.45) is 0 Å². The van der Waals surface area contributed by atoms with Crippen molar-refractivity contribution in [2.45, 2.75) is 25.3 Å². The molecule has 1 saturated heterocycles. The first kappa shape index (κ1) is 14.2. The van der Waals surface area contributed by atoms with Gasteiger partial charge in [-0.1, -0.05) is 30.3 Å². The Bertz CT molecular complexity index is 605. The van der Waals surface area contributed by atoms with E-state index in [0.717, 1.165) is 30.9 Å². The van der Waals surface area contributed by atoms with Crippen molar-refractivity contribution in [2.75, 3.05) is 18.5 Å². The molecular weight excluding hydrogens is 282 g/mol. The predicted octanol–water partition coefficient (Wildman–Crippen LogP) is 2.45. The standard InChI is InChI=1S/C16H19N3OS/c1-19(15(20)14-8-5-9-17-14)16-18-11-13(21-16)10-12-6-3-2-4-7-12/h2-4,6-7,11,14,17H,5,8-10H2,1H3/t14-/m0/s1. The van der Waals surface area contributed by atoms with E-state index in [1.807, 2.05) is 31.4 Å². The molecule has 1 aliphatic rings. The Hall–Kier alpha value is -1.72. The summed E-state index contributed by atoms with van der Waals surface area (Å²) in [5, 5.41) is 4.02. The lowest BCUT2D eigenvalue weighted by Crippen LogP contribution is -2.41. The lowest BCUT2D eigenvalue weighted by atomic mass is 10.1. The molecule has 1 atom stereocenters. The summed E-state index contributed by atoms with van der Waals surface area (Å²) in [6.07, 6.45) is 4.73. The maximum Gasteiger partial charge on any atom is 0.245 e. The fourth-order valence-electron chi connectivity index (χ4n) is 2.55. The number of likely N-dealkylation sites (N-methyl/N-ethyl adjacent to an activating group) is 1. The van der Waals surface area contributed by atoms with Gasteiger partial charge in [-0.3, -0.25) is 9.69 Å². The van der Waals surface area contributed by atoms with Crippen LogP contribution in [0.1, 0.15) is 23.3 Å². The van der Waals surface area contributed by atoms with E-state index in [1.54, 1.807) is 16.2 Å². The molecule has 1 aromatic carbocycles. The van der Waals surface area contributed by atoms with Crippen molar-refractivity contribution in [1.29, 1.82) is 0 Å². The van der Waals surface area contributed by atoms with Crippen LogP contribution in [0.5, 0.6) is 0 Å². The number of nitrogens with one attached hydrogen (secondary N) is 1. The van der Waals surface area contributed by atoms with Crippen LogP contribution in [-0.4, -0.2) is 30.5 Å². The highest BCUT2D eigenvalue weighted by atomic mass is 32.1. The van der Waals surface area contributed by atoms with Gasteiger partial charge in [0.1, 0.15) is 0 Å². The minimum atomic E-state index is -0.0449. The molecule has 110 valence electrons. The van der Waals surface area contributed by atoms with Crippen LogP contribution < -0.4 is 10.2 Å². The van der Waals surface area contributed by atoms with Crippen LogP contribution in [0, 0.1) is 0 Å². The number of nitrogens with zero attached hydrogens (tertiary/aromatic N) is 2. The van der Waals surface area contributed by atoms with Crippen LogP contribution in [0.15, 0.2) is 36.5 Å². The second-order valence-corrected chi connectivity index (χ2v) is 6.41. The minimum absolute atomic E-state index is 0.0449. The molecular formula is C16H19N3OS. The maximum atomic E-state index is 12.3. The van der Waals surface area contributed by atoms with Crippen LogP contribution in [0.25, 0.3) is 0 Å². The van der Waals surface area contributed by atoms with Crippen molar-refractivity contribution in [1.82, 2.24) is 10.3 Å². The van der Waals surface area contributed by atoms with E-state index in [-0.39, 0.29) is 11.9 Å². The number of anilines is 1. The molecule has 3 rings (SSSR count). The van der Waals surface area contributed by atoms with Crippen LogP contribution in [0.2, 0.25) is 0 Å². The quantitative estimate of drug-likeness (QED) is 0.943. The normalized spacial score (nSPS) is 17.9. The first-order chi connectivity index (χ1) is 10.2. The van der Waals surface area contributed by atoms with Crippen LogP contribution in [-0.2, 0) is 11.2 Å². The molecule has 21 heavy (non-hydrogen) atoms. The highest BCUT2D eigenvalue weighted by Crippen LogP contribution is 2.25. The van der Waals surface area contributed by atoms with Crippen molar-refractivity contribution in [3.05, 3.63) is 47.0 Å². The SMILES string of the molecule is CN(C(=O)[C@@H]1CCCN1)c1ncc(Cc2ccccc2)s1. The summed E-state index contributed by atoms with van der Waals surface area (Å²) in [4.78, 5) is 19.6. The van der Waals surface area contributed by atoms with E-state index in [1.165, 1.54) is 10.4 Å². The highest BCUT2D eigenvalue weighted by Gasteiger charge is 2.26. The second-order valence-electron chi connectivity index (χ2n) is 5.32. The molecule has 1 aromatic heterocycles. The zero-order valence-corrected chi connectivity index (χ0v) is 12.9. The van der Waals surface area contributed by atoms with Crippen LogP contribution in [0.4, 0.5) is 5.13 Å². The molecule has 0 radical (unpaired) electrons. The Kier molecular flexibility index (Phi) is 4.31. The van der Waals surface area contributed by atoms with Gasteiger partial charge in [0.25, 0.3) is 0 Å². The molecule has 4 nitrogen and oxygen atoms in total. The van der Waals surface area contributed by atoms with Crippen molar-refractivity contribution >= 4 is 22.4 Å². The third-order valence-corrected chi connectivity index (χ3v) is 4.81. The predicted molar refractivity (Wildman–Crippen MR) is 85.8 cm³/mol. The highest BCUT2D eigenvalue weighted by molar-refractivity contribution is 7.15. The van der Waals surface area contributed by atoms with Gasteiger partial charge < -0.3 is 5.32 Å². The Balaban J connectivity index is 1.68. The van der Waals surface area contributed by atoms with Crippen LogP contribution in [0.3, 0.4) is 0 Å². The zero-order chi connectivity index (χ0) is 14.7. The molecule has 0 bridgehead atoms. The van der Waals surface area contributed by atoms with Gasteiger partial charge in [0.2, 0.25) is 5.91 Å². The molecule has 1 aliphatic heterocycles. The summed E-state index contributed by atoms with van der Waals surface area (Å²) in [6.45, 7) is 0.932. The molecule has 1 fully saturated rings. The van der Waals surface area contributed by atoms with E-state index in [0.29, 0.717) is 0 Å². The summed E-state index contributed by atoms with van der Waals surface area (Å²) in [5.41, 5.74) is 1.26. The summed E-state index contributed by atoms with van der Waals surface area (Å²) < 4.78 is 0. The fourth-order valence-corrected chi connectivity index (χ4v) is 3.47. The van der Waals surface area contributed by atoms with E-state index >= 15 is 0 Å². The molecule has 0 saturated carbocycles. The van der Waals surface area contributed by atoms with Gasteiger partial charge in [-0.15, -0.1) is 11.3 Å². The first-order valence-corrected chi connectivity index (χ1v) is 8.05. The number of benzene rings is 1.